The SMILES string of the molecule is CCOc1ccccc1NC(=S)N1CCCC(c2nc3ccc(C)cc3[nH]2)C1. The molecule has 4 rings (SSSR count). The molecule has 146 valence electrons. The second kappa shape index (κ2) is 8.19. The molecule has 1 aromatic heterocycles. The van der Waals surface area contributed by atoms with E-state index in [2.05, 4.69) is 40.3 Å². The van der Waals surface area contributed by atoms with E-state index in [1.54, 1.807) is 0 Å². The van der Waals surface area contributed by atoms with Gasteiger partial charge in [0.2, 0.25) is 0 Å². The number of aryl methyl sites for hydroxylation is 1. The first kappa shape index (κ1) is 18.7. The Kier molecular flexibility index (Phi) is 5.48. The van der Waals surface area contributed by atoms with Crippen molar-refractivity contribution >= 4 is 34.1 Å². The van der Waals surface area contributed by atoms with Crippen LogP contribution in [-0.4, -0.2) is 39.7 Å². The van der Waals surface area contributed by atoms with E-state index in [1.807, 2.05) is 31.2 Å². The number of nitrogens with zero attached hydrogens (tertiary/aromatic N) is 2. The number of likely N-dealkylation sites (tertiary alicyclic amines) is 1. The van der Waals surface area contributed by atoms with Crippen LogP contribution in [0.3, 0.4) is 0 Å². The first-order valence-electron chi connectivity index (χ1n) is 9.88. The molecule has 3 aromatic rings. The van der Waals surface area contributed by atoms with Crippen molar-refractivity contribution in [3.8, 4) is 5.75 Å². The first-order valence-corrected chi connectivity index (χ1v) is 10.3. The number of fused-ring (bicyclic) bond motifs is 1. The smallest absolute Gasteiger partial charge is 0.173 e. The summed E-state index contributed by atoms with van der Waals surface area (Å²) in [5.74, 6) is 2.24. The topological polar surface area (TPSA) is 53.2 Å². The maximum atomic E-state index is 5.71. The third-order valence-electron chi connectivity index (χ3n) is 5.18. The normalized spacial score (nSPS) is 16.9. The van der Waals surface area contributed by atoms with Crippen molar-refractivity contribution in [1.29, 1.82) is 0 Å². The summed E-state index contributed by atoms with van der Waals surface area (Å²) in [5.41, 5.74) is 4.30. The van der Waals surface area contributed by atoms with Gasteiger partial charge in [-0.2, -0.15) is 0 Å². The van der Waals surface area contributed by atoms with Gasteiger partial charge in [-0.3, -0.25) is 0 Å². The minimum atomic E-state index is 0.350. The van der Waals surface area contributed by atoms with Crippen LogP contribution in [0.4, 0.5) is 5.69 Å². The average Bonchev–Trinajstić information content (AvgIpc) is 3.13. The molecule has 1 aliphatic heterocycles. The Bertz CT molecular complexity index is 984. The fraction of sp³-hybridized carbons (Fsp3) is 0.364. The van der Waals surface area contributed by atoms with Gasteiger partial charge in [-0.1, -0.05) is 18.2 Å². The van der Waals surface area contributed by atoms with Crippen molar-refractivity contribution in [1.82, 2.24) is 14.9 Å². The summed E-state index contributed by atoms with van der Waals surface area (Å²) < 4.78 is 5.70. The molecule has 0 amide bonds. The van der Waals surface area contributed by atoms with E-state index in [1.165, 1.54) is 5.56 Å². The lowest BCUT2D eigenvalue weighted by molar-refractivity contribution is 0.306. The second-order valence-corrected chi connectivity index (χ2v) is 7.67. The van der Waals surface area contributed by atoms with E-state index < -0.39 is 0 Å². The molecule has 0 spiro atoms. The monoisotopic (exact) mass is 394 g/mol. The summed E-state index contributed by atoms with van der Waals surface area (Å²) >= 11 is 5.71. The molecule has 0 radical (unpaired) electrons. The van der Waals surface area contributed by atoms with Crippen LogP contribution >= 0.6 is 12.2 Å². The zero-order valence-corrected chi connectivity index (χ0v) is 17.2. The minimum Gasteiger partial charge on any atom is -0.492 e. The van der Waals surface area contributed by atoms with Crippen LogP contribution in [0.1, 0.15) is 37.1 Å². The number of hydrogen-bond acceptors (Lipinski definition) is 3. The van der Waals surface area contributed by atoms with Crippen LogP contribution < -0.4 is 10.1 Å². The van der Waals surface area contributed by atoms with Crippen molar-refractivity contribution < 1.29 is 4.74 Å². The Hall–Kier alpha value is -2.60. The molecule has 0 aliphatic carbocycles. The van der Waals surface area contributed by atoms with E-state index >= 15 is 0 Å². The maximum Gasteiger partial charge on any atom is 0.173 e. The molecule has 2 aromatic carbocycles. The van der Waals surface area contributed by atoms with Crippen LogP contribution in [0.5, 0.6) is 5.75 Å². The number of piperidine rings is 1. The molecule has 0 bridgehead atoms. The summed E-state index contributed by atoms with van der Waals surface area (Å²) in [6, 6.07) is 14.3. The van der Waals surface area contributed by atoms with Crippen LogP contribution in [0.25, 0.3) is 11.0 Å². The molecule has 2 N–H and O–H groups in total. The Balaban J connectivity index is 1.48. The van der Waals surface area contributed by atoms with E-state index in [-0.39, 0.29) is 0 Å². The molecule has 1 unspecified atom stereocenters. The summed E-state index contributed by atoms with van der Waals surface area (Å²) in [6.07, 6.45) is 2.21. The number of H-pyrrole nitrogens is 1. The number of hydrogen-bond donors (Lipinski definition) is 2. The van der Waals surface area contributed by atoms with Crippen molar-refractivity contribution in [2.24, 2.45) is 0 Å². The summed E-state index contributed by atoms with van der Waals surface area (Å²) in [7, 11) is 0. The third-order valence-corrected chi connectivity index (χ3v) is 5.54. The van der Waals surface area contributed by atoms with Gasteiger partial charge in [-0.15, -0.1) is 0 Å². The van der Waals surface area contributed by atoms with Gasteiger partial charge >= 0.3 is 0 Å². The Labute approximate surface area is 171 Å². The fourth-order valence-electron chi connectivity index (χ4n) is 3.77. The lowest BCUT2D eigenvalue weighted by atomic mass is 9.98. The molecule has 2 heterocycles. The van der Waals surface area contributed by atoms with Crippen LogP contribution in [0.2, 0.25) is 0 Å². The van der Waals surface area contributed by atoms with Gasteiger partial charge in [-0.25, -0.2) is 4.98 Å². The van der Waals surface area contributed by atoms with Gasteiger partial charge in [-0.05, 0) is 68.7 Å². The van der Waals surface area contributed by atoms with E-state index in [4.69, 9.17) is 21.9 Å². The molecular weight excluding hydrogens is 368 g/mol. The number of nitrogens with one attached hydrogen (secondary N) is 2. The molecular formula is C22H26N4OS. The fourth-order valence-corrected chi connectivity index (χ4v) is 4.04. The van der Waals surface area contributed by atoms with Crippen molar-refractivity contribution in [2.75, 3.05) is 25.0 Å². The molecule has 6 heteroatoms. The number of rotatable bonds is 4. The highest BCUT2D eigenvalue weighted by Gasteiger charge is 2.25. The minimum absolute atomic E-state index is 0.350. The van der Waals surface area contributed by atoms with Crippen LogP contribution in [0.15, 0.2) is 42.5 Å². The molecule has 1 fully saturated rings. The predicted molar refractivity (Wildman–Crippen MR) is 118 cm³/mol. The number of para-hydroxylation sites is 2. The Morgan fingerprint density at radius 2 is 2.18 bits per heavy atom. The van der Waals surface area contributed by atoms with Crippen molar-refractivity contribution in [2.45, 2.75) is 32.6 Å². The van der Waals surface area contributed by atoms with Gasteiger partial charge in [0.15, 0.2) is 5.11 Å². The maximum absolute atomic E-state index is 5.71. The average molecular weight is 395 g/mol. The van der Waals surface area contributed by atoms with Crippen LogP contribution in [-0.2, 0) is 0 Å². The predicted octanol–water partition coefficient (Wildman–Crippen LogP) is 4.85. The number of aromatic nitrogens is 2. The number of benzene rings is 2. The number of imidazole rings is 1. The Morgan fingerprint density at radius 1 is 1.32 bits per heavy atom. The highest BCUT2D eigenvalue weighted by molar-refractivity contribution is 7.80. The summed E-state index contributed by atoms with van der Waals surface area (Å²) in [5, 5.41) is 4.11. The zero-order chi connectivity index (χ0) is 19.5. The number of anilines is 1. The molecule has 5 nitrogen and oxygen atoms in total. The quantitative estimate of drug-likeness (QED) is 0.620. The van der Waals surface area contributed by atoms with E-state index in [0.717, 1.165) is 59.3 Å². The van der Waals surface area contributed by atoms with Crippen molar-refractivity contribution in [3.05, 3.63) is 53.9 Å². The van der Waals surface area contributed by atoms with Gasteiger partial charge in [0.25, 0.3) is 0 Å². The number of thiocarbonyl (C=S) groups is 1. The van der Waals surface area contributed by atoms with Crippen molar-refractivity contribution in [3.63, 3.8) is 0 Å². The molecule has 1 saturated heterocycles. The molecule has 0 saturated carbocycles. The highest BCUT2D eigenvalue weighted by Crippen LogP contribution is 2.29. The van der Waals surface area contributed by atoms with Gasteiger partial charge in [0.1, 0.15) is 11.6 Å². The largest absolute Gasteiger partial charge is 0.492 e. The van der Waals surface area contributed by atoms with Gasteiger partial charge in [0, 0.05) is 19.0 Å². The second-order valence-electron chi connectivity index (χ2n) is 7.29. The standard InChI is InChI=1S/C22H26N4OS/c1-3-27-20-9-5-4-8-18(20)25-22(28)26-12-6-7-16(14-26)21-23-17-11-10-15(2)13-19(17)24-21/h4-5,8-11,13,16H,3,6-7,12,14H2,1-2H3,(H,23,24)(H,25,28). The van der Waals surface area contributed by atoms with E-state index in [0.29, 0.717) is 12.5 Å². The van der Waals surface area contributed by atoms with Crippen LogP contribution in [0, 0.1) is 6.92 Å². The molecule has 1 atom stereocenters. The number of aromatic amines is 1. The van der Waals surface area contributed by atoms with E-state index in [9.17, 15) is 0 Å². The lowest BCUT2D eigenvalue weighted by Gasteiger charge is -2.34. The highest BCUT2D eigenvalue weighted by atomic mass is 32.1. The molecule has 28 heavy (non-hydrogen) atoms. The third kappa shape index (κ3) is 3.97. The van der Waals surface area contributed by atoms with Gasteiger partial charge in [0.05, 0.1) is 23.3 Å². The summed E-state index contributed by atoms with van der Waals surface area (Å²) in [6.45, 7) is 6.54. The molecule has 1 aliphatic rings. The zero-order valence-electron chi connectivity index (χ0n) is 16.4. The first-order chi connectivity index (χ1) is 13.6. The summed E-state index contributed by atoms with van der Waals surface area (Å²) in [4.78, 5) is 10.6. The number of ether oxygens (including phenoxy) is 1. The lowest BCUT2D eigenvalue weighted by Crippen LogP contribution is -2.41. The Morgan fingerprint density at radius 3 is 3.04 bits per heavy atom. The van der Waals surface area contributed by atoms with Gasteiger partial charge < -0.3 is 19.9 Å².